The molecule has 1 amide bonds. The molecule has 7 heteroatoms. The molecule has 0 aliphatic carbocycles. The summed E-state index contributed by atoms with van der Waals surface area (Å²) in [5, 5.41) is 18.8. The molecule has 3 N–H and O–H groups in total. The Hall–Kier alpha value is -2.36. The van der Waals surface area contributed by atoms with Crippen LogP contribution in [-0.2, 0) is 4.74 Å². The summed E-state index contributed by atoms with van der Waals surface area (Å²) in [6, 6.07) is 3.48. The zero-order chi connectivity index (χ0) is 11.1. The monoisotopic (exact) mass is 207 g/mol. The van der Waals surface area contributed by atoms with Crippen LogP contribution in [0.3, 0.4) is 0 Å². The zero-order valence-corrected chi connectivity index (χ0v) is 7.80. The Balaban J connectivity index is 2.44. The molecule has 0 fully saturated rings. The fraction of sp³-hybridized carbons (Fsp3) is 0.250. The highest BCUT2D eigenvalue weighted by Crippen LogP contribution is 2.06. The minimum atomic E-state index is -0.837. The predicted molar refractivity (Wildman–Crippen MR) is 50.8 cm³/mol. The minimum Gasteiger partial charge on any atom is -0.448 e. The zero-order valence-electron chi connectivity index (χ0n) is 7.80. The van der Waals surface area contributed by atoms with Crippen LogP contribution in [0.1, 0.15) is 5.56 Å². The molecule has 1 rings (SSSR count). The summed E-state index contributed by atoms with van der Waals surface area (Å²) in [6.45, 7) is 0.424. The summed E-state index contributed by atoms with van der Waals surface area (Å²) in [7, 11) is 0. The van der Waals surface area contributed by atoms with Gasteiger partial charge in [-0.1, -0.05) is 0 Å². The lowest BCUT2D eigenvalue weighted by molar-refractivity contribution is 0.161. The number of nitrogens with zero attached hydrogens (tertiary/aromatic N) is 3. The van der Waals surface area contributed by atoms with Crippen LogP contribution in [0.4, 0.5) is 10.6 Å². The van der Waals surface area contributed by atoms with Gasteiger partial charge in [0.2, 0.25) is 0 Å². The summed E-state index contributed by atoms with van der Waals surface area (Å²) in [6.07, 6.45) is 0.584. The average molecular weight is 207 g/mol. The number of carbonyl (C=O) groups is 1. The molecule has 1 aromatic heterocycles. The van der Waals surface area contributed by atoms with Crippen molar-refractivity contribution in [2.45, 2.75) is 0 Å². The van der Waals surface area contributed by atoms with Crippen molar-refractivity contribution >= 4 is 11.9 Å². The number of hydrogen-bond donors (Lipinski definition) is 2. The van der Waals surface area contributed by atoms with Gasteiger partial charge in [0.05, 0.1) is 18.3 Å². The second-order valence-corrected chi connectivity index (χ2v) is 2.50. The molecule has 0 bridgehead atoms. The van der Waals surface area contributed by atoms with E-state index in [1.54, 1.807) is 0 Å². The Labute approximate surface area is 85.9 Å². The Bertz CT molecular complexity index is 387. The second-order valence-electron chi connectivity index (χ2n) is 2.50. The van der Waals surface area contributed by atoms with Crippen molar-refractivity contribution in [2.75, 3.05) is 18.5 Å². The van der Waals surface area contributed by atoms with Gasteiger partial charge in [0, 0.05) is 0 Å². The first-order chi connectivity index (χ1) is 7.24. The first-order valence-electron chi connectivity index (χ1n) is 4.12. The summed E-state index contributed by atoms with van der Waals surface area (Å²) in [4.78, 5) is 10.2. The van der Waals surface area contributed by atoms with Crippen molar-refractivity contribution < 1.29 is 9.53 Å². The number of hydrogen-bond acceptors (Lipinski definition) is 6. The number of carbonyl (C=O) groups excluding carboxylic acids is 1. The average Bonchev–Trinajstić information content (AvgIpc) is 2.24. The molecule has 0 aliphatic rings. The van der Waals surface area contributed by atoms with Crippen molar-refractivity contribution in [3.8, 4) is 6.07 Å². The molecule has 0 unspecified atom stereocenters. The molecule has 0 radical (unpaired) electrons. The third-order valence-electron chi connectivity index (χ3n) is 1.48. The summed E-state index contributed by atoms with van der Waals surface area (Å²) >= 11 is 0. The van der Waals surface area contributed by atoms with E-state index in [4.69, 9.17) is 11.0 Å². The largest absolute Gasteiger partial charge is 0.448 e. The van der Waals surface area contributed by atoms with Crippen molar-refractivity contribution in [3.05, 3.63) is 17.8 Å². The number of ether oxygens (including phenoxy) is 1. The maximum Gasteiger partial charge on any atom is 0.404 e. The van der Waals surface area contributed by atoms with Gasteiger partial charge in [0.15, 0.2) is 5.82 Å². The van der Waals surface area contributed by atoms with Crippen LogP contribution in [0, 0.1) is 11.3 Å². The van der Waals surface area contributed by atoms with Gasteiger partial charge in [0.1, 0.15) is 12.7 Å². The van der Waals surface area contributed by atoms with Gasteiger partial charge in [0.25, 0.3) is 0 Å². The molecular formula is C8H9N5O2. The smallest absolute Gasteiger partial charge is 0.404 e. The lowest BCUT2D eigenvalue weighted by Crippen LogP contribution is -2.19. The molecule has 7 nitrogen and oxygen atoms in total. The lowest BCUT2D eigenvalue weighted by Gasteiger charge is -2.05. The van der Waals surface area contributed by atoms with E-state index in [-0.39, 0.29) is 6.61 Å². The van der Waals surface area contributed by atoms with Gasteiger partial charge < -0.3 is 15.8 Å². The second kappa shape index (κ2) is 5.39. The molecule has 1 aromatic rings. The molecule has 0 spiro atoms. The van der Waals surface area contributed by atoms with Crippen LogP contribution in [-0.4, -0.2) is 29.4 Å². The van der Waals surface area contributed by atoms with E-state index in [0.717, 1.165) is 0 Å². The number of nitrogens with two attached hydrogens (primary N) is 1. The van der Waals surface area contributed by atoms with Crippen LogP contribution in [0.2, 0.25) is 0 Å². The van der Waals surface area contributed by atoms with Crippen LogP contribution < -0.4 is 11.1 Å². The highest BCUT2D eigenvalue weighted by atomic mass is 16.5. The van der Waals surface area contributed by atoms with Gasteiger partial charge in [-0.15, -0.1) is 5.10 Å². The topological polar surface area (TPSA) is 114 Å². The normalized spacial score (nSPS) is 9.00. The third kappa shape index (κ3) is 3.48. The van der Waals surface area contributed by atoms with Crippen LogP contribution in [0.5, 0.6) is 0 Å². The third-order valence-corrected chi connectivity index (χ3v) is 1.48. The molecule has 1 heterocycles. The molecule has 0 atom stereocenters. The van der Waals surface area contributed by atoms with Gasteiger partial charge in [-0.25, -0.2) is 4.79 Å². The molecule has 78 valence electrons. The summed E-state index contributed by atoms with van der Waals surface area (Å²) in [5.74, 6) is 0.355. The summed E-state index contributed by atoms with van der Waals surface area (Å²) < 4.78 is 4.48. The number of amides is 1. The molecule has 0 aromatic carbocycles. The standard InChI is InChI=1S/C8H9N5O2/c9-5-6-1-2-12-13-7(6)11-3-4-15-8(10)14/h1-2H,3-4H2,(H2,10,14)(H,11,13). The Morgan fingerprint density at radius 1 is 1.73 bits per heavy atom. The lowest BCUT2D eigenvalue weighted by atomic mass is 10.3. The van der Waals surface area contributed by atoms with Crippen molar-refractivity contribution in [1.29, 1.82) is 5.26 Å². The number of primary amides is 1. The number of nitriles is 1. The predicted octanol–water partition coefficient (Wildman–Crippen LogP) is -0.145. The van der Waals surface area contributed by atoms with Crippen molar-refractivity contribution in [2.24, 2.45) is 5.73 Å². The molecule has 15 heavy (non-hydrogen) atoms. The highest BCUT2D eigenvalue weighted by molar-refractivity contribution is 5.64. The SMILES string of the molecule is N#Cc1ccnnc1NCCOC(N)=O. The fourth-order valence-electron chi connectivity index (χ4n) is 0.874. The van der Waals surface area contributed by atoms with Crippen molar-refractivity contribution in [1.82, 2.24) is 10.2 Å². The fourth-order valence-corrected chi connectivity index (χ4v) is 0.874. The maximum absolute atomic E-state index is 10.2. The Morgan fingerprint density at radius 3 is 3.20 bits per heavy atom. The Kier molecular flexibility index (Phi) is 3.85. The first-order valence-corrected chi connectivity index (χ1v) is 4.12. The van der Waals surface area contributed by atoms with E-state index in [0.29, 0.717) is 17.9 Å². The van der Waals surface area contributed by atoms with Crippen molar-refractivity contribution in [3.63, 3.8) is 0 Å². The van der Waals surface area contributed by atoms with E-state index >= 15 is 0 Å². The Morgan fingerprint density at radius 2 is 2.53 bits per heavy atom. The number of nitrogens with one attached hydrogen (secondary N) is 1. The van der Waals surface area contributed by atoms with Crippen LogP contribution >= 0.6 is 0 Å². The minimum absolute atomic E-state index is 0.108. The van der Waals surface area contributed by atoms with Gasteiger partial charge in [-0.3, -0.25) is 0 Å². The summed E-state index contributed by atoms with van der Waals surface area (Å²) in [5.41, 5.74) is 5.14. The van der Waals surface area contributed by atoms with E-state index in [9.17, 15) is 4.79 Å². The maximum atomic E-state index is 10.2. The molecular weight excluding hydrogens is 198 g/mol. The molecule has 0 saturated heterocycles. The van der Waals surface area contributed by atoms with E-state index < -0.39 is 6.09 Å². The number of anilines is 1. The van der Waals surface area contributed by atoms with Gasteiger partial charge in [-0.2, -0.15) is 10.4 Å². The molecule has 0 saturated carbocycles. The number of rotatable bonds is 4. The first kappa shape index (κ1) is 10.7. The van der Waals surface area contributed by atoms with E-state index in [1.807, 2.05) is 6.07 Å². The number of aromatic nitrogens is 2. The highest BCUT2D eigenvalue weighted by Gasteiger charge is 2.02. The van der Waals surface area contributed by atoms with Crippen LogP contribution in [0.25, 0.3) is 0 Å². The van der Waals surface area contributed by atoms with Crippen LogP contribution in [0.15, 0.2) is 12.3 Å². The molecule has 0 aliphatic heterocycles. The van der Waals surface area contributed by atoms with E-state index in [2.05, 4.69) is 20.3 Å². The van der Waals surface area contributed by atoms with E-state index in [1.165, 1.54) is 12.3 Å². The van der Waals surface area contributed by atoms with Gasteiger partial charge >= 0.3 is 6.09 Å². The quantitative estimate of drug-likeness (QED) is 0.664. The van der Waals surface area contributed by atoms with Gasteiger partial charge in [-0.05, 0) is 6.07 Å².